The molecule has 1 aliphatic rings. The van der Waals surface area contributed by atoms with Crippen LogP contribution in [0.2, 0.25) is 0 Å². The third-order valence-electron chi connectivity index (χ3n) is 2.53. The molecule has 1 saturated heterocycles. The molecule has 1 amide bonds. The van der Waals surface area contributed by atoms with Gasteiger partial charge in [0.2, 0.25) is 5.91 Å². The fourth-order valence-electron chi connectivity index (χ4n) is 1.64. The van der Waals surface area contributed by atoms with E-state index in [2.05, 4.69) is 25.7 Å². The molecule has 3 nitrogen and oxygen atoms in total. The van der Waals surface area contributed by atoms with Gasteiger partial charge in [-0.25, -0.2) is 0 Å². The van der Waals surface area contributed by atoms with Gasteiger partial charge in [0.15, 0.2) is 0 Å². The second kappa shape index (κ2) is 3.92. The molecule has 1 heterocycles. The van der Waals surface area contributed by atoms with Crippen molar-refractivity contribution in [1.82, 2.24) is 10.2 Å². The predicted octanol–water partition coefficient (Wildman–Crippen LogP) is 0.773. The van der Waals surface area contributed by atoms with Crippen LogP contribution >= 0.6 is 0 Å². The van der Waals surface area contributed by atoms with Crippen molar-refractivity contribution in [3.8, 4) is 0 Å². The molecule has 0 bridgehead atoms. The van der Waals surface area contributed by atoms with Gasteiger partial charge in [0.05, 0.1) is 6.54 Å². The summed E-state index contributed by atoms with van der Waals surface area (Å²) in [5, 5.41) is 3.12. The number of carbonyl (C=O) groups is 1. The molecule has 0 aromatic rings. The second-order valence-electron chi connectivity index (χ2n) is 4.03. The lowest BCUT2D eigenvalue weighted by Crippen LogP contribution is -2.47. The maximum Gasteiger partial charge on any atom is 0.237 e. The zero-order valence-corrected chi connectivity index (χ0v) is 8.47. The highest BCUT2D eigenvalue weighted by Gasteiger charge is 2.31. The number of carbonyl (C=O) groups excluding carboxylic acids is 1. The molecule has 0 aromatic heterocycles. The Morgan fingerprint density at radius 2 is 2.38 bits per heavy atom. The lowest BCUT2D eigenvalue weighted by molar-refractivity contribution is -0.133. The van der Waals surface area contributed by atoms with E-state index in [1.807, 2.05) is 4.90 Å². The molecule has 0 saturated carbocycles. The summed E-state index contributed by atoms with van der Waals surface area (Å²) in [6, 6.07) is 0. The molecule has 3 heteroatoms. The van der Waals surface area contributed by atoms with Gasteiger partial charge < -0.3 is 10.2 Å². The zero-order valence-electron chi connectivity index (χ0n) is 8.47. The summed E-state index contributed by atoms with van der Waals surface area (Å²) in [6.45, 7) is 9.88. The Morgan fingerprint density at radius 1 is 1.69 bits per heavy atom. The number of nitrogens with one attached hydrogen (secondary N) is 1. The van der Waals surface area contributed by atoms with Crippen molar-refractivity contribution in [2.75, 3.05) is 19.6 Å². The predicted molar refractivity (Wildman–Crippen MR) is 53.5 cm³/mol. The molecule has 0 atom stereocenters. The van der Waals surface area contributed by atoms with Crippen molar-refractivity contribution in [3.63, 3.8) is 0 Å². The maximum absolute atomic E-state index is 11.6. The van der Waals surface area contributed by atoms with Crippen molar-refractivity contribution >= 4 is 5.91 Å². The average Bonchev–Trinajstić information content (AvgIpc) is 2.17. The van der Waals surface area contributed by atoms with Crippen molar-refractivity contribution in [2.24, 2.45) is 0 Å². The molecule has 13 heavy (non-hydrogen) atoms. The van der Waals surface area contributed by atoms with E-state index >= 15 is 0 Å². The Balaban J connectivity index is 2.79. The fourth-order valence-corrected chi connectivity index (χ4v) is 1.64. The van der Waals surface area contributed by atoms with Gasteiger partial charge in [-0.3, -0.25) is 4.79 Å². The first kappa shape index (κ1) is 10.3. The second-order valence-corrected chi connectivity index (χ2v) is 4.03. The Labute approximate surface area is 79.8 Å². The number of hydrogen-bond acceptors (Lipinski definition) is 2. The molecule has 0 aliphatic carbocycles. The molecule has 74 valence electrons. The molecular weight excluding hydrogens is 164 g/mol. The summed E-state index contributed by atoms with van der Waals surface area (Å²) in [4.78, 5) is 13.5. The van der Waals surface area contributed by atoms with E-state index in [9.17, 15) is 4.79 Å². The SMILES string of the molecule is C=CCN1C(=O)CNCCC1(C)C. The summed E-state index contributed by atoms with van der Waals surface area (Å²) >= 11 is 0. The average molecular weight is 182 g/mol. The highest BCUT2D eigenvalue weighted by Crippen LogP contribution is 2.20. The molecule has 0 aromatic carbocycles. The lowest BCUT2D eigenvalue weighted by Gasteiger charge is -2.36. The topological polar surface area (TPSA) is 32.3 Å². The van der Waals surface area contributed by atoms with Gasteiger partial charge in [-0.05, 0) is 26.8 Å². The van der Waals surface area contributed by atoms with Crippen LogP contribution in [0.25, 0.3) is 0 Å². The van der Waals surface area contributed by atoms with Gasteiger partial charge >= 0.3 is 0 Å². The van der Waals surface area contributed by atoms with Crippen LogP contribution in [0.1, 0.15) is 20.3 Å². The Bertz CT molecular complexity index is 211. The summed E-state index contributed by atoms with van der Waals surface area (Å²) < 4.78 is 0. The van der Waals surface area contributed by atoms with Crippen LogP contribution < -0.4 is 5.32 Å². The number of nitrogens with zero attached hydrogens (tertiary/aromatic N) is 1. The quantitative estimate of drug-likeness (QED) is 0.640. The minimum absolute atomic E-state index is 0.0469. The minimum atomic E-state index is -0.0469. The Kier molecular flexibility index (Phi) is 3.09. The van der Waals surface area contributed by atoms with Crippen molar-refractivity contribution in [1.29, 1.82) is 0 Å². The number of hydrogen-bond donors (Lipinski definition) is 1. The zero-order chi connectivity index (χ0) is 9.90. The molecule has 0 unspecified atom stereocenters. The summed E-state index contributed by atoms with van der Waals surface area (Å²) in [7, 11) is 0. The largest absolute Gasteiger partial charge is 0.333 e. The van der Waals surface area contributed by atoms with Gasteiger partial charge in [0.1, 0.15) is 0 Å². The smallest absolute Gasteiger partial charge is 0.237 e. The van der Waals surface area contributed by atoms with E-state index in [4.69, 9.17) is 0 Å². The van der Waals surface area contributed by atoms with Crippen LogP contribution in [-0.4, -0.2) is 36.0 Å². The van der Waals surface area contributed by atoms with E-state index in [1.54, 1.807) is 6.08 Å². The summed E-state index contributed by atoms with van der Waals surface area (Å²) in [5.41, 5.74) is -0.0469. The highest BCUT2D eigenvalue weighted by atomic mass is 16.2. The molecule has 0 spiro atoms. The van der Waals surface area contributed by atoms with Crippen molar-refractivity contribution in [3.05, 3.63) is 12.7 Å². The Hall–Kier alpha value is -0.830. The van der Waals surface area contributed by atoms with Gasteiger partial charge in [-0.1, -0.05) is 6.08 Å². The highest BCUT2D eigenvalue weighted by molar-refractivity contribution is 5.79. The van der Waals surface area contributed by atoms with Crippen LogP contribution in [0, 0.1) is 0 Å². The Morgan fingerprint density at radius 3 is 3.00 bits per heavy atom. The minimum Gasteiger partial charge on any atom is -0.333 e. The molecule has 1 N–H and O–H groups in total. The summed E-state index contributed by atoms with van der Waals surface area (Å²) in [6.07, 6.45) is 2.78. The van der Waals surface area contributed by atoms with Crippen LogP contribution in [0.5, 0.6) is 0 Å². The maximum atomic E-state index is 11.6. The molecule has 1 rings (SSSR count). The fraction of sp³-hybridized carbons (Fsp3) is 0.700. The first-order valence-corrected chi connectivity index (χ1v) is 4.70. The van der Waals surface area contributed by atoms with Crippen molar-refractivity contribution < 1.29 is 4.79 Å². The normalized spacial score (nSPS) is 22.6. The van der Waals surface area contributed by atoms with Crippen LogP contribution in [-0.2, 0) is 4.79 Å². The van der Waals surface area contributed by atoms with Crippen molar-refractivity contribution in [2.45, 2.75) is 25.8 Å². The molecular formula is C10H18N2O. The first-order chi connectivity index (χ1) is 6.08. The van der Waals surface area contributed by atoms with E-state index in [-0.39, 0.29) is 11.4 Å². The number of amides is 1. The van der Waals surface area contributed by atoms with E-state index in [0.29, 0.717) is 13.1 Å². The molecule has 0 radical (unpaired) electrons. The number of rotatable bonds is 2. The van der Waals surface area contributed by atoms with E-state index < -0.39 is 0 Å². The lowest BCUT2D eigenvalue weighted by atomic mass is 9.98. The van der Waals surface area contributed by atoms with Gasteiger partial charge in [0.25, 0.3) is 0 Å². The molecule has 1 aliphatic heterocycles. The summed E-state index contributed by atoms with van der Waals surface area (Å²) in [5.74, 6) is 0.169. The van der Waals surface area contributed by atoms with Gasteiger partial charge in [-0.2, -0.15) is 0 Å². The van der Waals surface area contributed by atoms with Crippen LogP contribution in [0.4, 0.5) is 0 Å². The monoisotopic (exact) mass is 182 g/mol. The van der Waals surface area contributed by atoms with Gasteiger partial charge in [-0.15, -0.1) is 6.58 Å². The third kappa shape index (κ3) is 2.31. The van der Waals surface area contributed by atoms with Crippen LogP contribution in [0.15, 0.2) is 12.7 Å². The van der Waals surface area contributed by atoms with Crippen LogP contribution in [0.3, 0.4) is 0 Å². The first-order valence-electron chi connectivity index (χ1n) is 4.70. The van der Waals surface area contributed by atoms with E-state index in [0.717, 1.165) is 13.0 Å². The molecule has 1 fully saturated rings. The third-order valence-corrected chi connectivity index (χ3v) is 2.53. The van der Waals surface area contributed by atoms with Gasteiger partial charge in [0, 0.05) is 12.1 Å². The van der Waals surface area contributed by atoms with E-state index in [1.165, 1.54) is 0 Å². The standard InChI is InChI=1S/C10H18N2O/c1-4-7-12-9(13)8-11-6-5-10(12,2)3/h4,11H,1,5-8H2,2-3H3.